The predicted molar refractivity (Wildman–Crippen MR) is 94.6 cm³/mol. The zero-order chi connectivity index (χ0) is 22.6. The summed E-state index contributed by atoms with van der Waals surface area (Å²) in [5.74, 6) is -1.32. The van der Waals surface area contributed by atoms with Gasteiger partial charge in [0, 0.05) is 12.6 Å². The maximum absolute atomic E-state index is 13.2. The molecule has 2 aliphatic rings. The van der Waals surface area contributed by atoms with Crippen LogP contribution in [-0.2, 0) is 15.7 Å². The van der Waals surface area contributed by atoms with Crippen molar-refractivity contribution in [1.29, 1.82) is 0 Å². The molecular weight excluding hydrogens is 434 g/mol. The standard InChI is InChI=1S/C18H18F6N4O3/c19-17(20,21)8-31-11-6-7-27(13(11)15(29)30)16-25-10-4-5-12(18(22,23)24)26-14(10)28(16)9-2-1-3-9/h4-5,9,11,13H,1-3,6-8H2,(H,29,30)/t11?,13-/m0/s1. The Morgan fingerprint density at radius 1 is 1.13 bits per heavy atom. The number of alkyl halides is 6. The Morgan fingerprint density at radius 2 is 1.84 bits per heavy atom. The zero-order valence-corrected chi connectivity index (χ0v) is 15.9. The van der Waals surface area contributed by atoms with E-state index in [0.717, 1.165) is 18.6 Å². The lowest BCUT2D eigenvalue weighted by Crippen LogP contribution is -2.45. The number of aliphatic carboxylic acids is 1. The molecule has 1 saturated carbocycles. The second-order valence-electron chi connectivity index (χ2n) is 7.63. The fraction of sp³-hybridized carbons (Fsp3) is 0.611. The molecule has 7 nitrogen and oxygen atoms in total. The first-order chi connectivity index (χ1) is 14.5. The highest BCUT2D eigenvalue weighted by Gasteiger charge is 2.45. The summed E-state index contributed by atoms with van der Waals surface area (Å²) in [7, 11) is 0. The van der Waals surface area contributed by atoms with E-state index in [4.69, 9.17) is 4.74 Å². The van der Waals surface area contributed by atoms with E-state index in [0.29, 0.717) is 12.8 Å². The van der Waals surface area contributed by atoms with Gasteiger partial charge in [0.2, 0.25) is 5.95 Å². The summed E-state index contributed by atoms with van der Waals surface area (Å²) in [4.78, 5) is 21.2. The molecule has 2 aromatic rings. The van der Waals surface area contributed by atoms with Gasteiger partial charge in [-0.2, -0.15) is 26.3 Å². The van der Waals surface area contributed by atoms with Gasteiger partial charge < -0.3 is 14.7 Å². The molecule has 13 heteroatoms. The zero-order valence-electron chi connectivity index (χ0n) is 15.9. The van der Waals surface area contributed by atoms with Gasteiger partial charge in [0.1, 0.15) is 17.8 Å². The molecule has 2 aromatic heterocycles. The lowest BCUT2D eigenvalue weighted by molar-refractivity contribution is -0.187. The molecule has 2 fully saturated rings. The van der Waals surface area contributed by atoms with Crippen LogP contribution < -0.4 is 4.90 Å². The number of aromatic nitrogens is 3. The van der Waals surface area contributed by atoms with Gasteiger partial charge in [0.25, 0.3) is 0 Å². The lowest BCUT2D eigenvalue weighted by atomic mass is 9.93. The first-order valence-electron chi connectivity index (χ1n) is 9.59. The molecule has 1 saturated heterocycles. The van der Waals surface area contributed by atoms with Crippen LogP contribution in [0.1, 0.15) is 37.4 Å². The smallest absolute Gasteiger partial charge is 0.433 e. The largest absolute Gasteiger partial charge is 0.480 e. The van der Waals surface area contributed by atoms with E-state index in [9.17, 15) is 36.2 Å². The molecule has 4 rings (SSSR count). The summed E-state index contributed by atoms with van der Waals surface area (Å²) < 4.78 is 83.5. The Labute approximate surface area is 171 Å². The number of rotatable bonds is 5. The van der Waals surface area contributed by atoms with E-state index in [1.165, 1.54) is 9.47 Å². The van der Waals surface area contributed by atoms with Gasteiger partial charge in [-0.15, -0.1) is 0 Å². The normalized spacial score (nSPS) is 22.8. The van der Waals surface area contributed by atoms with Crippen molar-refractivity contribution in [1.82, 2.24) is 14.5 Å². The maximum Gasteiger partial charge on any atom is 0.433 e. The van der Waals surface area contributed by atoms with Crippen molar-refractivity contribution < 1.29 is 41.0 Å². The van der Waals surface area contributed by atoms with Crippen molar-refractivity contribution in [2.75, 3.05) is 18.1 Å². The first kappa shape index (κ1) is 21.7. The molecule has 170 valence electrons. The number of carbonyl (C=O) groups is 1. The fourth-order valence-corrected chi connectivity index (χ4v) is 3.96. The van der Waals surface area contributed by atoms with Crippen LogP contribution in [0.2, 0.25) is 0 Å². The molecule has 1 unspecified atom stereocenters. The number of carboxylic acid groups (broad SMARTS) is 1. The number of pyridine rings is 1. The highest BCUT2D eigenvalue weighted by molar-refractivity contribution is 5.82. The minimum absolute atomic E-state index is 0.00213. The lowest BCUT2D eigenvalue weighted by Gasteiger charge is -2.32. The van der Waals surface area contributed by atoms with Crippen LogP contribution in [0.4, 0.5) is 32.3 Å². The summed E-state index contributed by atoms with van der Waals surface area (Å²) in [5.41, 5.74) is -0.980. The van der Waals surface area contributed by atoms with Crippen molar-refractivity contribution in [3.63, 3.8) is 0 Å². The van der Waals surface area contributed by atoms with Crippen LogP contribution in [0.25, 0.3) is 11.2 Å². The Balaban J connectivity index is 1.75. The van der Waals surface area contributed by atoms with E-state index in [1.807, 2.05) is 0 Å². The third kappa shape index (κ3) is 4.14. The van der Waals surface area contributed by atoms with Crippen LogP contribution in [0.15, 0.2) is 12.1 Å². The van der Waals surface area contributed by atoms with E-state index in [1.54, 1.807) is 0 Å². The topological polar surface area (TPSA) is 80.5 Å². The number of hydrogen-bond donors (Lipinski definition) is 1. The third-order valence-corrected chi connectivity index (χ3v) is 5.56. The highest BCUT2D eigenvalue weighted by Crippen LogP contribution is 2.40. The molecule has 0 bridgehead atoms. The molecule has 31 heavy (non-hydrogen) atoms. The molecule has 0 radical (unpaired) electrons. The average molecular weight is 452 g/mol. The van der Waals surface area contributed by atoms with Crippen molar-refractivity contribution in [2.24, 2.45) is 0 Å². The second-order valence-corrected chi connectivity index (χ2v) is 7.63. The quantitative estimate of drug-likeness (QED) is 0.696. The Morgan fingerprint density at radius 3 is 2.39 bits per heavy atom. The molecular formula is C18H18F6N4O3. The molecule has 0 amide bonds. The van der Waals surface area contributed by atoms with Gasteiger partial charge in [0.05, 0.1) is 6.10 Å². The highest BCUT2D eigenvalue weighted by atomic mass is 19.4. The number of halogens is 6. The van der Waals surface area contributed by atoms with Gasteiger partial charge in [-0.05, 0) is 37.8 Å². The molecule has 3 heterocycles. The number of nitrogens with zero attached hydrogens (tertiary/aromatic N) is 4. The van der Waals surface area contributed by atoms with Gasteiger partial charge in [-0.1, -0.05) is 0 Å². The van der Waals surface area contributed by atoms with Crippen LogP contribution in [-0.4, -0.2) is 57.1 Å². The van der Waals surface area contributed by atoms with Gasteiger partial charge in [-0.25, -0.2) is 14.8 Å². The molecule has 2 atom stereocenters. The monoisotopic (exact) mass is 452 g/mol. The van der Waals surface area contributed by atoms with Gasteiger partial charge in [-0.3, -0.25) is 4.57 Å². The van der Waals surface area contributed by atoms with E-state index < -0.39 is 42.8 Å². The molecule has 1 aliphatic heterocycles. The van der Waals surface area contributed by atoms with Gasteiger partial charge in [0.15, 0.2) is 11.7 Å². The minimum atomic E-state index is -4.67. The maximum atomic E-state index is 13.2. The summed E-state index contributed by atoms with van der Waals surface area (Å²) in [6, 6.07) is 0.270. The Bertz CT molecular complexity index is 985. The van der Waals surface area contributed by atoms with Crippen molar-refractivity contribution >= 4 is 23.1 Å². The molecule has 1 aliphatic carbocycles. The number of ether oxygens (including phenoxy) is 1. The Kier molecular flexibility index (Phi) is 5.26. The first-order valence-corrected chi connectivity index (χ1v) is 9.59. The average Bonchev–Trinajstić information content (AvgIpc) is 3.18. The summed E-state index contributed by atoms with van der Waals surface area (Å²) >= 11 is 0. The minimum Gasteiger partial charge on any atom is -0.480 e. The van der Waals surface area contributed by atoms with Crippen molar-refractivity contribution in [3.8, 4) is 0 Å². The number of imidazole rings is 1. The van der Waals surface area contributed by atoms with Crippen LogP contribution in [0, 0.1) is 0 Å². The van der Waals surface area contributed by atoms with Crippen molar-refractivity contribution in [2.45, 2.75) is 56.2 Å². The third-order valence-electron chi connectivity index (χ3n) is 5.56. The van der Waals surface area contributed by atoms with E-state index >= 15 is 0 Å². The SMILES string of the molecule is O=C(O)[C@@H]1C(OCC(F)(F)F)CCN1c1nc2ccc(C(F)(F)F)nc2n1C1CCC1. The second kappa shape index (κ2) is 7.53. The summed E-state index contributed by atoms with van der Waals surface area (Å²) in [6.07, 6.45) is -8.40. The van der Waals surface area contributed by atoms with Crippen LogP contribution in [0.5, 0.6) is 0 Å². The molecule has 0 spiro atoms. The van der Waals surface area contributed by atoms with Crippen LogP contribution >= 0.6 is 0 Å². The molecule has 1 N–H and O–H groups in total. The van der Waals surface area contributed by atoms with Crippen LogP contribution in [0.3, 0.4) is 0 Å². The fourth-order valence-electron chi connectivity index (χ4n) is 3.96. The van der Waals surface area contributed by atoms with E-state index in [-0.39, 0.29) is 36.1 Å². The van der Waals surface area contributed by atoms with Gasteiger partial charge >= 0.3 is 18.3 Å². The number of anilines is 1. The number of carboxylic acids is 1. The number of fused-ring (bicyclic) bond motifs is 1. The Hall–Kier alpha value is -2.57. The van der Waals surface area contributed by atoms with E-state index in [2.05, 4.69) is 9.97 Å². The number of hydrogen-bond acceptors (Lipinski definition) is 5. The molecule has 0 aromatic carbocycles. The van der Waals surface area contributed by atoms with Crippen molar-refractivity contribution in [3.05, 3.63) is 17.8 Å². The summed E-state index contributed by atoms with van der Waals surface area (Å²) in [5, 5.41) is 9.67. The summed E-state index contributed by atoms with van der Waals surface area (Å²) in [6.45, 7) is -1.56. The predicted octanol–water partition coefficient (Wildman–Crippen LogP) is 3.79.